The van der Waals surface area contributed by atoms with Gasteiger partial charge in [0.15, 0.2) is 0 Å². The van der Waals surface area contributed by atoms with E-state index >= 15 is 0 Å². The number of carbonyl (C=O) groups is 2. The van der Waals surface area contributed by atoms with Crippen molar-refractivity contribution in [2.45, 2.75) is 43.4 Å². The van der Waals surface area contributed by atoms with Gasteiger partial charge in [0.05, 0.1) is 11.8 Å². The Labute approximate surface area is 106 Å². The molecular weight excluding hydrogens is 236 g/mol. The molecule has 96 valence electrons. The monoisotopic (exact) mass is 256 g/mol. The Hall–Kier alpha value is -0.710. The summed E-state index contributed by atoms with van der Waals surface area (Å²) in [6.07, 6.45) is 5.57. The topological polar surface area (TPSA) is 49.4 Å². The number of nitrogens with zero attached hydrogens (tertiary/aromatic N) is 1. The minimum atomic E-state index is 0.0178. The fourth-order valence-corrected chi connectivity index (χ4v) is 3.62. The smallest absolute Gasteiger partial charge is 0.230 e. The number of nitrogens with one attached hydrogen (secondary N) is 1. The van der Waals surface area contributed by atoms with Crippen molar-refractivity contribution < 1.29 is 9.59 Å². The first-order chi connectivity index (χ1) is 8.15. The Morgan fingerprint density at radius 1 is 1.47 bits per heavy atom. The normalized spacial score (nSPS) is 25.6. The summed E-state index contributed by atoms with van der Waals surface area (Å²) >= 11 is 1.77. The molecule has 1 saturated heterocycles. The summed E-state index contributed by atoms with van der Waals surface area (Å²) in [7, 11) is 1.78. The maximum Gasteiger partial charge on any atom is 0.230 e. The van der Waals surface area contributed by atoms with E-state index in [1.165, 1.54) is 25.7 Å². The number of thioether (sulfide) groups is 1. The summed E-state index contributed by atoms with van der Waals surface area (Å²) < 4.78 is 0. The largest absolute Gasteiger partial charge is 0.350 e. The minimum absolute atomic E-state index is 0.0178. The Balaban J connectivity index is 1.65. The van der Waals surface area contributed by atoms with Gasteiger partial charge >= 0.3 is 0 Å². The van der Waals surface area contributed by atoms with Crippen molar-refractivity contribution in [3.8, 4) is 0 Å². The van der Waals surface area contributed by atoms with Crippen LogP contribution in [0.4, 0.5) is 0 Å². The Morgan fingerprint density at radius 2 is 2.18 bits per heavy atom. The van der Waals surface area contributed by atoms with E-state index in [1.807, 2.05) is 0 Å². The molecule has 1 atom stereocenters. The van der Waals surface area contributed by atoms with E-state index in [0.29, 0.717) is 24.0 Å². The molecule has 0 spiro atoms. The SMILES string of the molecule is CN1C[C@H](NC(=O)CSC2CCCC2)CC1=O. The zero-order valence-electron chi connectivity index (χ0n) is 10.3. The predicted octanol–water partition coefficient (Wildman–Crippen LogP) is 1.01. The molecule has 2 amide bonds. The van der Waals surface area contributed by atoms with Crippen molar-refractivity contribution in [2.75, 3.05) is 19.3 Å². The van der Waals surface area contributed by atoms with Crippen LogP contribution >= 0.6 is 11.8 Å². The molecule has 0 aromatic heterocycles. The lowest BCUT2D eigenvalue weighted by Crippen LogP contribution is -2.37. The van der Waals surface area contributed by atoms with Crippen LogP contribution in [0.15, 0.2) is 0 Å². The molecule has 0 radical (unpaired) electrons. The Bertz CT molecular complexity index is 303. The fourth-order valence-electron chi connectivity index (χ4n) is 2.48. The molecular formula is C12H20N2O2S. The second-order valence-corrected chi connectivity index (χ2v) is 6.25. The van der Waals surface area contributed by atoms with Gasteiger partial charge in [-0.3, -0.25) is 9.59 Å². The summed E-state index contributed by atoms with van der Waals surface area (Å²) in [5.74, 6) is 0.743. The zero-order chi connectivity index (χ0) is 12.3. The molecule has 0 bridgehead atoms. The van der Waals surface area contributed by atoms with Crippen LogP contribution < -0.4 is 5.32 Å². The highest BCUT2D eigenvalue weighted by Crippen LogP contribution is 2.29. The molecule has 2 aliphatic rings. The van der Waals surface area contributed by atoms with Crippen LogP contribution in [-0.2, 0) is 9.59 Å². The van der Waals surface area contributed by atoms with Crippen molar-refractivity contribution >= 4 is 23.6 Å². The number of rotatable bonds is 4. The fraction of sp³-hybridized carbons (Fsp3) is 0.833. The van der Waals surface area contributed by atoms with Crippen molar-refractivity contribution in [2.24, 2.45) is 0 Å². The third-order valence-corrected chi connectivity index (χ3v) is 4.83. The molecule has 2 fully saturated rings. The van der Waals surface area contributed by atoms with Crippen molar-refractivity contribution in [1.29, 1.82) is 0 Å². The van der Waals surface area contributed by atoms with E-state index in [1.54, 1.807) is 23.7 Å². The van der Waals surface area contributed by atoms with Gasteiger partial charge in [0.2, 0.25) is 11.8 Å². The van der Waals surface area contributed by atoms with Crippen LogP contribution in [0, 0.1) is 0 Å². The van der Waals surface area contributed by atoms with Gasteiger partial charge in [-0.15, -0.1) is 11.8 Å². The van der Waals surface area contributed by atoms with Gasteiger partial charge in [-0.25, -0.2) is 0 Å². The van der Waals surface area contributed by atoms with Crippen LogP contribution in [-0.4, -0.2) is 47.4 Å². The van der Waals surface area contributed by atoms with Crippen LogP contribution in [0.25, 0.3) is 0 Å². The van der Waals surface area contributed by atoms with Gasteiger partial charge in [0.25, 0.3) is 0 Å². The van der Waals surface area contributed by atoms with E-state index in [2.05, 4.69) is 5.32 Å². The first-order valence-corrected chi connectivity index (χ1v) is 7.35. The maximum atomic E-state index is 11.7. The van der Waals surface area contributed by atoms with Gasteiger partial charge < -0.3 is 10.2 Å². The van der Waals surface area contributed by atoms with Crippen molar-refractivity contribution in [3.63, 3.8) is 0 Å². The molecule has 5 heteroatoms. The summed E-state index contributed by atoms with van der Waals surface area (Å²) in [5.41, 5.74) is 0. The number of carbonyl (C=O) groups excluding carboxylic acids is 2. The summed E-state index contributed by atoms with van der Waals surface area (Å²) in [6, 6.07) is 0.0178. The summed E-state index contributed by atoms with van der Waals surface area (Å²) in [4.78, 5) is 24.7. The molecule has 17 heavy (non-hydrogen) atoms. The second-order valence-electron chi connectivity index (χ2n) is 4.96. The standard InChI is InChI=1S/C12H20N2O2S/c1-14-7-9(6-12(14)16)13-11(15)8-17-10-4-2-3-5-10/h9-10H,2-8H2,1H3,(H,13,15)/t9-/m1/s1. The van der Waals surface area contributed by atoms with Crippen LogP contribution in [0.2, 0.25) is 0 Å². The Morgan fingerprint density at radius 3 is 2.76 bits per heavy atom. The van der Waals surface area contributed by atoms with E-state index in [0.717, 1.165) is 0 Å². The first-order valence-electron chi connectivity index (χ1n) is 6.30. The number of hydrogen-bond acceptors (Lipinski definition) is 3. The van der Waals surface area contributed by atoms with E-state index < -0.39 is 0 Å². The third kappa shape index (κ3) is 3.63. The highest BCUT2D eigenvalue weighted by molar-refractivity contribution is 8.00. The molecule has 2 rings (SSSR count). The third-order valence-electron chi connectivity index (χ3n) is 3.46. The molecule has 1 N–H and O–H groups in total. The van der Waals surface area contributed by atoms with Gasteiger partial charge in [0, 0.05) is 25.3 Å². The molecule has 0 aromatic rings. The van der Waals surface area contributed by atoms with E-state index in [4.69, 9.17) is 0 Å². The van der Waals surface area contributed by atoms with Crippen LogP contribution in [0.5, 0.6) is 0 Å². The average Bonchev–Trinajstić information content (AvgIpc) is 2.87. The lowest BCUT2D eigenvalue weighted by molar-refractivity contribution is -0.126. The number of amides is 2. The first kappa shape index (κ1) is 12.7. The molecule has 0 aromatic carbocycles. The molecule has 1 aliphatic carbocycles. The molecule has 4 nitrogen and oxygen atoms in total. The van der Waals surface area contributed by atoms with Crippen LogP contribution in [0.3, 0.4) is 0 Å². The van der Waals surface area contributed by atoms with E-state index in [-0.39, 0.29) is 17.9 Å². The van der Waals surface area contributed by atoms with Crippen molar-refractivity contribution in [1.82, 2.24) is 10.2 Å². The van der Waals surface area contributed by atoms with Crippen molar-refractivity contribution in [3.05, 3.63) is 0 Å². The summed E-state index contributed by atoms with van der Waals surface area (Å²) in [6.45, 7) is 0.651. The lowest BCUT2D eigenvalue weighted by atomic mass is 10.2. The van der Waals surface area contributed by atoms with Crippen LogP contribution in [0.1, 0.15) is 32.1 Å². The quantitative estimate of drug-likeness (QED) is 0.816. The minimum Gasteiger partial charge on any atom is -0.350 e. The number of likely N-dealkylation sites (tertiary alicyclic amines) is 1. The van der Waals surface area contributed by atoms with Gasteiger partial charge in [-0.05, 0) is 12.8 Å². The molecule has 1 saturated carbocycles. The predicted molar refractivity (Wildman–Crippen MR) is 68.9 cm³/mol. The highest BCUT2D eigenvalue weighted by atomic mass is 32.2. The zero-order valence-corrected chi connectivity index (χ0v) is 11.1. The van der Waals surface area contributed by atoms with E-state index in [9.17, 15) is 9.59 Å². The summed E-state index contributed by atoms with van der Waals surface area (Å²) in [5, 5.41) is 3.62. The highest BCUT2D eigenvalue weighted by Gasteiger charge is 2.28. The lowest BCUT2D eigenvalue weighted by Gasteiger charge is -2.13. The second kappa shape index (κ2) is 5.76. The van der Waals surface area contributed by atoms with Gasteiger partial charge in [0.1, 0.15) is 0 Å². The molecule has 1 heterocycles. The van der Waals surface area contributed by atoms with Gasteiger partial charge in [-0.2, -0.15) is 0 Å². The number of hydrogen-bond donors (Lipinski definition) is 1. The number of likely N-dealkylation sites (N-methyl/N-ethyl adjacent to an activating group) is 1. The maximum absolute atomic E-state index is 11.7. The van der Waals surface area contributed by atoms with Gasteiger partial charge in [-0.1, -0.05) is 12.8 Å². The molecule has 1 aliphatic heterocycles. The molecule has 0 unspecified atom stereocenters. The average molecular weight is 256 g/mol. The Kier molecular flexibility index (Phi) is 4.31.